The van der Waals surface area contributed by atoms with Gasteiger partial charge in [0.25, 0.3) is 0 Å². The van der Waals surface area contributed by atoms with Crippen molar-refractivity contribution in [2.24, 2.45) is 0 Å². The van der Waals surface area contributed by atoms with Gasteiger partial charge in [0, 0.05) is 0 Å². The van der Waals surface area contributed by atoms with Gasteiger partial charge in [0.2, 0.25) is 0 Å². The minimum absolute atomic E-state index is 0. The van der Waals surface area contributed by atoms with E-state index in [-0.39, 0.29) is 24.8 Å². The van der Waals surface area contributed by atoms with Gasteiger partial charge in [-0.25, -0.2) is 0 Å². The molecule has 0 heterocycles. The number of hydrogen-bond donors (Lipinski definition) is 0. The van der Waals surface area contributed by atoms with E-state index < -0.39 is 21.0 Å². The van der Waals surface area contributed by atoms with Crippen molar-refractivity contribution in [3.05, 3.63) is 42.1 Å². The molecular formula is C13H18Cl2Hf. The van der Waals surface area contributed by atoms with E-state index in [1.54, 1.807) is 12.2 Å². The molecule has 3 heteroatoms. The quantitative estimate of drug-likeness (QED) is 0.579. The maximum atomic E-state index is 4.48. The Labute approximate surface area is 118 Å². The molecule has 0 saturated heterocycles. The SMILES string of the molecule is Cl.Cl.[CH2]=[Hf]([C]1=CC=CC1)[C]1=CC(C)=C(C)C1. The van der Waals surface area contributed by atoms with Crippen LogP contribution in [0.3, 0.4) is 0 Å². The standard InChI is InChI=1S/C7H9.C5H5.CH2.2ClH.Hf/c1-6-4-3-5-7(6)2;1-2-4-5-3-1;;;;/h4H,5H2,1-2H3;1-3H,4H2;1H2;2*1H;. The first-order valence-corrected chi connectivity index (χ1v) is 11.2. The van der Waals surface area contributed by atoms with Gasteiger partial charge in [-0.2, -0.15) is 0 Å². The second-order valence-corrected chi connectivity index (χ2v) is 12.2. The van der Waals surface area contributed by atoms with Gasteiger partial charge in [-0.1, -0.05) is 0 Å². The molecule has 0 aromatic carbocycles. The predicted octanol–water partition coefficient (Wildman–Crippen LogP) is 4.35. The summed E-state index contributed by atoms with van der Waals surface area (Å²) in [5.74, 6) is 0. The Hall–Kier alpha value is 0.280. The summed E-state index contributed by atoms with van der Waals surface area (Å²) in [5.41, 5.74) is 3.04. The van der Waals surface area contributed by atoms with Crippen molar-refractivity contribution in [2.45, 2.75) is 26.7 Å². The molecule has 0 fully saturated rings. The third kappa shape index (κ3) is 3.38. The molecule has 0 saturated carbocycles. The first-order chi connectivity index (χ1) is 6.68. The van der Waals surface area contributed by atoms with Crippen LogP contribution >= 0.6 is 24.8 Å². The van der Waals surface area contributed by atoms with Crippen LogP contribution in [0.2, 0.25) is 0 Å². The van der Waals surface area contributed by atoms with E-state index in [9.17, 15) is 0 Å². The molecule has 0 spiro atoms. The summed E-state index contributed by atoms with van der Waals surface area (Å²) in [5, 5.41) is 0. The normalized spacial score (nSPS) is 17.6. The molecule has 0 aliphatic heterocycles. The molecule has 2 aliphatic rings. The molecule has 0 amide bonds. The first-order valence-electron chi connectivity index (χ1n) is 5.11. The van der Waals surface area contributed by atoms with Crippen molar-refractivity contribution in [2.75, 3.05) is 0 Å². The second kappa shape index (κ2) is 6.88. The van der Waals surface area contributed by atoms with Crippen molar-refractivity contribution in [1.82, 2.24) is 0 Å². The number of rotatable bonds is 2. The molecule has 0 N–H and O–H groups in total. The van der Waals surface area contributed by atoms with Crippen LogP contribution in [0.1, 0.15) is 26.7 Å². The van der Waals surface area contributed by atoms with Crippen LogP contribution in [-0.2, 0) is 21.0 Å². The van der Waals surface area contributed by atoms with Crippen molar-refractivity contribution < 1.29 is 21.0 Å². The summed E-state index contributed by atoms with van der Waals surface area (Å²) in [6.45, 7) is 4.47. The van der Waals surface area contributed by atoms with Crippen LogP contribution < -0.4 is 0 Å². The van der Waals surface area contributed by atoms with Gasteiger partial charge in [-0.15, -0.1) is 24.8 Å². The number of halogens is 2. The van der Waals surface area contributed by atoms with Gasteiger partial charge in [-0.3, -0.25) is 0 Å². The third-order valence-electron chi connectivity index (χ3n) is 3.07. The third-order valence-corrected chi connectivity index (χ3v) is 11.1. The predicted molar refractivity (Wildman–Crippen MR) is 74.5 cm³/mol. The molecule has 2 rings (SSSR count). The van der Waals surface area contributed by atoms with E-state index in [0.29, 0.717) is 0 Å². The van der Waals surface area contributed by atoms with Gasteiger partial charge in [-0.05, 0) is 0 Å². The summed E-state index contributed by atoms with van der Waals surface area (Å²) >= 11 is -1.76. The summed E-state index contributed by atoms with van der Waals surface area (Å²) in [6.07, 6.45) is 11.6. The maximum absolute atomic E-state index is 4.48. The second-order valence-electron chi connectivity index (χ2n) is 4.11. The van der Waals surface area contributed by atoms with Crippen LogP contribution in [0.25, 0.3) is 0 Å². The van der Waals surface area contributed by atoms with E-state index in [1.165, 1.54) is 18.4 Å². The Bertz CT molecular complexity index is 412. The summed E-state index contributed by atoms with van der Waals surface area (Å²) < 4.78 is 7.85. The molecule has 0 bridgehead atoms. The first kappa shape index (κ1) is 16.3. The number of allylic oxidation sites excluding steroid dienone is 8. The van der Waals surface area contributed by atoms with Gasteiger partial charge < -0.3 is 0 Å². The topological polar surface area (TPSA) is 0 Å². The summed E-state index contributed by atoms with van der Waals surface area (Å²) in [4.78, 5) is 0. The van der Waals surface area contributed by atoms with E-state index in [4.69, 9.17) is 0 Å². The monoisotopic (exact) mass is 424 g/mol. The van der Waals surface area contributed by atoms with Gasteiger partial charge in [0.1, 0.15) is 0 Å². The van der Waals surface area contributed by atoms with Gasteiger partial charge >= 0.3 is 94.0 Å². The van der Waals surface area contributed by atoms with Crippen LogP contribution in [-0.4, -0.2) is 4.26 Å². The van der Waals surface area contributed by atoms with Crippen LogP contribution in [0.5, 0.6) is 0 Å². The average molecular weight is 424 g/mol. The van der Waals surface area contributed by atoms with Crippen LogP contribution in [0, 0.1) is 0 Å². The van der Waals surface area contributed by atoms with Gasteiger partial charge in [0.15, 0.2) is 0 Å². The summed E-state index contributed by atoms with van der Waals surface area (Å²) in [7, 11) is 0. The van der Waals surface area contributed by atoms with E-state index >= 15 is 0 Å². The Morgan fingerprint density at radius 1 is 1.19 bits per heavy atom. The summed E-state index contributed by atoms with van der Waals surface area (Å²) in [6, 6.07) is 0. The molecular weight excluding hydrogens is 406 g/mol. The Morgan fingerprint density at radius 3 is 2.31 bits per heavy atom. The zero-order valence-electron chi connectivity index (χ0n) is 9.75. The zero-order valence-corrected chi connectivity index (χ0v) is 15.0. The zero-order chi connectivity index (χ0) is 10.1. The van der Waals surface area contributed by atoms with E-state index in [2.05, 4.69) is 42.4 Å². The molecule has 88 valence electrons. The molecule has 16 heavy (non-hydrogen) atoms. The average Bonchev–Trinajstić information content (AvgIpc) is 2.76. The molecule has 2 aliphatic carbocycles. The van der Waals surface area contributed by atoms with Crippen molar-refractivity contribution in [1.29, 1.82) is 0 Å². The fourth-order valence-corrected chi connectivity index (χ4v) is 8.91. The fraction of sp³-hybridized carbons (Fsp3) is 0.308. The Balaban J connectivity index is 0.00000112. The fourth-order valence-electron chi connectivity index (χ4n) is 1.93. The molecule has 0 aromatic heterocycles. The number of hydrogen-bond acceptors (Lipinski definition) is 0. The molecule has 0 nitrogen and oxygen atoms in total. The van der Waals surface area contributed by atoms with E-state index in [1.807, 2.05) is 0 Å². The van der Waals surface area contributed by atoms with Crippen molar-refractivity contribution in [3.8, 4) is 0 Å². The van der Waals surface area contributed by atoms with Crippen molar-refractivity contribution >= 4 is 29.1 Å². The Morgan fingerprint density at radius 2 is 1.88 bits per heavy atom. The van der Waals surface area contributed by atoms with Crippen molar-refractivity contribution in [3.63, 3.8) is 0 Å². The van der Waals surface area contributed by atoms with Crippen LogP contribution in [0.15, 0.2) is 42.1 Å². The molecule has 0 radical (unpaired) electrons. The molecule has 0 atom stereocenters. The van der Waals surface area contributed by atoms with Gasteiger partial charge in [0.05, 0.1) is 0 Å². The van der Waals surface area contributed by atoms with E-state index in [0.717, 1.165) is 0 Å². The molecule has 0 aromatic rings. The Kier molecular flexibility index (Phi) is 7.00. The molecule has 0 unspecified atom stereocenters. The minimum atomic E-state index is -1.76. The van der Waals surface area contributed by atoms with Crippen LogP contribution in [0.4, 0.5) is 0 Å².